The molecule has 7 heteroatoms. The number of aryl methyl sites for hydroxylation is 1. The number of fused-ring (bicyclic) bond motifs is 1. The quantitative estimate of drug-likeness (QED) is 0.771. The molecule has 0 atom stereocenters. The monoisotopic (exact) mass is 331 g/mol. The minimum atomic E-state index is -0.342. The highest BCUT2D eigenvalue weighted by Crippen LogP contribution is 2.19. The van der Waals surface area contributed by atoms with Crippen molar-refractivity contribution in [3.05, 3.63) is 53.4 Å². The number of halogens is 1. The van der Waals surface area contributed by atoms with E-state index >= 15 is 0 Å². The normalized spacial score (nSPS) is 10.7. The zero-order valence-corrected chi connectivity index (χ0v) is 13.1. The van der Waals surface area contributed by atoms with Crippen molar-refractivity contribution < 1.29 is 14.0 Å². The van der Waals surface area contributed by atoms with Crippen LogP contribution in [0.25, 0.3) is 11.1 Å². The van der Waals surface area contributed by atoms with Gasteiger partial charge in [-0.3, -0.25) is 9.59 Å². The third kappa shape index (κ3) is 3.22. The van der Waals surface area contributed by atoms with Crippen LogP contribution in [0.4, 0.5) is 5.69 Å². The number of carbonyl (C=O) groups is 2. The lowest BCUT2D eigenvalue weighted by molar-refractivity contribution is -0.115. The molecule has 2 aromatic heterocycles. The maximum atomic E-state index is 12.2. The SMILES string of the molecule is Cn1c(C(=O)NCC(=O)Nc2ccc(Cl)cc2)cc2occc21. The van der Waals surface area contributed by atoms with Crippen LogP contribution in [-0.2, 0) is 11.8 Å². The van der Waals surface area contributed by atoms with Crippen LogP contribution in [0.2, 0.25) is 5.02 Å². The van der Waals surface area contributed by atoms with E-state index in [1.165, 1.54) is 0 Å². The molecule has 2 amide bonds. The average molecular weight is 332 g/mol. The predicted octanol–water partition coefficient (Wildman–Crippen LogP) is 2.79. The van der Waals surface area contributed by atoms with Crippen LogP contribution < -0.4 is 10.6 Å². The van der Waals surface area contributed by atoms with E-state index in [-0.39, 0.29) is 18.4 Å². The molecule has 0 radical (unpaired) electrons. The number of aromatic nitrogens is 1. The molecule has 6 nitrogen and oxygen atoms in total. The van der Waals surface area contributed by atoms with Crippen LogP contribution in [0, 0.1) is 0 Å². The highest BCUT2D eigenvalue weighted by atomic mass is 35.5. The Morgan fingerprint density at radius 2 is 1.96 bits per heavy atom. The van der Waals surface area contributed by atoms with Crippen molar-refractivity contribution in [1.29, 1.82) is 0 Å². The van der Waals surface area contributed by atoms with Crippen molar-refractivity contribution in [2.24, 2.45) is 7.05 Å². The van der Waals surface area contributed by atoms with Crippen molar-refractivity contribution >= 4 is 40.2 Å². The minimum Gasteiger partial charge on any atom is -0.463 e. The highest BCUT2D eigenvalue weighted by molar-refractivity contribution is 6.30. The topological polar surface area (TPSA) is 76.3 Å². The summed E-state index contributed by atoms with van der Waals surface area (Å²) in [6.07, 6.45) is 1.56. The molecule has 3 aromatic rings. The van der Waals surface area contributed by atoms with Crippen LogP contribution in [0.5, 0.6) is 0 Å². The van der Waals surface area contributed by atoms with E-state index in [4.69, 9.17) is 16.0 Å². The summed E-state index contributed by atoms with van der Waals surface area (Å²) in [5.41, 5.74) is 2.49. The van der Waals surface area contributed by atoms with Crippen molar-refractivity contribution in [3.63, 3.8) is 0 Å². The number of anilines is 1. The van der Waals surface area contributed by atoms with Gasteiger partial charge in [-0.2, -0.15) is 0 Å². The lowest BCUT2D eigenvalue weighted by Gasteiger charge is -2.07. The summed E-state index contributed by atoms with van der Waals surface area (Å²) in [5.74, 6) is -0.663. The van der Waals surface area contributed by atoms with E-state index in [0.29, 0.717) is 22.0 Å². The lowest BCUT2D eigenvalue weighted by Crippen LogP contribution is -2.33. The van der Waals surface area contributed by atoms with Crippen LogP contribution >= 0.6 is 11.6 Å². The van der Waals surface area contributed by atoms with Crippen LogP contribution in [-0.4, -0.2) is 22.9 Å². The maximum absolute atomic E-state index is 12.2. The number of benzene rings is 1. The lowest BCUT2D eigenvalue weighted by atomic mass is 10.3. The van der Waals surface area contributed by atoms with Gasteiger partial charge in [0.15, 0.2) is 5.58 Å². The van der Waals surface area contributed by atoms with Crippen molar-refractivity contribution in [2.45, 2.75) is 0 Å². The molecule has 2 N–H and O–H groups in total. The molecule has 0 saturated heterocycles. The number of nitrogens with zero attached hydrogens (tertiary/aromatic N) is 1. The van der Waals surface area contributed by atoms with Gasteiger partial charge in [-0.25, -0.2) is 0 Å². The van der Waals surface area contributed by atoms with Gasteiger partial charge in [0.2, 0.25) is 5.91 Å². The Morgan fingerprint density at radius 3 is 2.65 bits per heavy atom. The smallest absolute Gasteiger partial charge is 0.268 e. The largest absolute Gasteiger partial charge is 0.463 e. The van der Waals surface area contributed by atoms with E-state index in [2.05, 4.69) is 10.6 Å². The first kappa shape index (κ1) is 15.2. The second-order valence-corrected chi connectivity index (χ2v) is 5.43. The first-order chi connectivity index (χ1) is 11.0. The number of carbonyl (C=O) groups excluding carboxylic acids is 2. The van der Waals surface area contributed by atoms with Gasteiger partial charge in [-0.1, -0.05) is 11.6 Å². The molecule has 0 aliphatic heterocycles. The molecule has 1 aromatic carbocycles. The Hall–Kier alpha value is -2.73. The summed E-state index contributed by atoms with van der Waals surface area (Å²) >= 11 is 5.78. The molecule has 0 spiro atoms. The van der Waals surface area contributed by atoms with Gasteiger partial charge in [0.1, 0.15) is 5.69 Å². The summed E-state index contributed by atoms with van der Waals surface area (Å²) in [5, 5.41) is 5.84. The third-order valence-corrected chi connectivity index (χ3v) is 3.69. The molecule has 23 heavy (non-hydrogen) atoms. The number of hydrogen-bond acceptors (Lipinski definition) is 3. The third-order valence-electron chi connectivity index (χ3n) is 3.43. The zero-order valence-electron chi connectivity index (χ0n) is 12.3. The highest BCUT2D eigenvalue weighted by Gasteiger charge is 2.15. The minimum absolute atomic E-state index is 0.131. The molecular weight excluding hydrogens is 318 g/mol. The Morgan fingerprint density at radius 1 is 1.22 bits per heavy atom. The molecule has 3 rings (SSSR count). The van der Waals surface area contributed by atoms with Crippen LogP contribution in [0.15, 0.2) is 47.1 Å². The van der Waals surface area contributed by atoms with E-state index < -0.39 is 0 Å². The number of amides is 2. The van der Waals surface area contributed by atoms with Crippen LogP contribution in [0.1, 0.15) is 10.5 Å². The summed E-state index contributed by atoms with van der Waals surface area (Å²) in [6.45, 7) is -0.131. The maximum Gasteiger partial charge on any atom is 0.268 e. The number of furan rings is 1. The molecule has 2 heterocycles. The first-order valence-corrected chi connectivity index (χ1v) is 7.29. The van der Waals surface area contributed by atoms with Crippen molar-refractivity contribution in [2.75, 3.05) is 11.9 Å². The van der Waals surface area contributed by atoms with Gasteiger partial charge < -0.3 is 19.6 Å². The van der Waals surface area contributed by atoms with Gasteiger partial charge in [0, 0.05) is 29.9 Å². The van der Waals surface area contributed by atoms with Crippen molar-refractivity contribution in [1.82, 2.24) is 9.88 Å². The van der Waals surface area contributed by atoms with E-state index in [1.807, 2.05) is 0 Å². The molecule has 0 unspecified atom stereocenters. The summed E-state index contributed by atoms with van der Waals surface area (Å²) < 4.78 is 6.97. The van der Waals surface area contributed by atoms with Crippen LogP contribution in [0.3, 0.4) is 0 Å². The number of rotatable bonds is 4. The Kier molecular flexibility index (Phi) is 4.08. The predicted molar refractivity (Wildman–Crippen MR) is 87.6 cm³/mol. The Labute approximate surface area is 137 Å². The fourth-order valence-corrected chi connectivity index (χ4v) is 2.38. The molecule has 0 fully saturated rings. The second kappa shape index (κ2) is 6.18. The number of hydrogen-bond donors (Lipinski definition) is 2. The summed E-state index contributed by atoms with van der Waals surface area (Å²) in [4.78, 5) is 24.0. The fourth-order valence-electron chi connectivity index (χ4n) is 2.26. The molecule has 0 aliphatic carbocycles. The first-order valence-electron chi connectivity index (χ1n) is 6.91. The van der Waals surface area contributed by atoms with Gasteiger partial charge in [0.05, 0.1) is 18.3 Å². The molecule has 0 aliphatic rings. The van der Waals surface area contributed by atoms with Gasteiger partial charge in [-0.15, -0.1) is 0 Å². The van der Waals surface area contributed by atoms with Gasteiger partial charge in [-0.05, 0) is 24.3 Å². The standard InChI is InChI=1S/C16H14ClN3O3/c1-20-12-6-7-23-14(12)8-13(20)16(22)18-9-15(21)19-11-4-2-10(17)3-5-11/h2-8H,9H2,1H3,(H,18,22)(H,19,21). The van der Waals surface area contributed by atoms with Gasteiger partial charge >= 0.3 is 0 Å². The van der Waals surface area contributed by atoms with E-state index in [9.17, 15) is 9.59 Å². The summed E-state index contributed by atoms with van der Waals surface area (Å²) in [6, 6.07) is 10.1. The molecule has 118 valence electrons. The molecular formula is C16H14ClN3O3. The summed E-state index contributed by atoms with van der Waals surface area (Å²) in [7, 11) is 1.76. The Bertz CT molecular complexity index is 864. The van der Waals surface area contributed by atoms with Crippen molar-refractivity contribution in [3.8, 4) is 0 Å². The number of nitrogens with one attached hydrogen (secondary N) is 2. The van der Waals surface area contributed by atoms with Gasteiger partial charge in [0.25, 0.3) is 5.91 Å². The fraction of sp³-hybridized carbons (Fsp3) is 0.125. The second-order valence-electron chi connectivity index (χ2n) is 5.00. The molecule has 0 saturated carbocycles. The molecule has 0 bridgehead atoms. The zero-order chi connectivity index (χ0) is 16.4. The van der Waals surface area contributed by atoms with E-state index in [0.717, 1.165) is 5.52 Å². The average Bonchev–Trinajstić information content (AvgIpc) is 3.11. The van der Waals surface area contributed by atoms with E-state index in [1.54, 1.807) is 54.3 Å². The Balaban J connectivity index is 1.60.